The van der Waals surface area contributed by atoms with E-state index in [0.717, 1.165) is 0 Å². The van der Waals surface area contributed by atoms with Gasteiger partial charge in [0.15, 0.2) is 5.58 Å². The molecule has 1 aliphatic heterocycles. The van der Waals surface area contributed by atoms with Crippen LogP contribution < -0.4 is 15.6 Å². The second kappa shape index (κ2) is 8.25. The molecule has 36 heavy (non-hydrogen) atoms. The molecule has 3 aromatic heterocycles. The molecule has 4 bridgehead atoms. The number of ether oxygens (including phenoxy) is 2. The zero-order valence-corrected chi connectivity index (χ0v) is 17.9. The quantitative estimate of drug-likeness (QED) is 0.147. The predicted molar refractivity (Wildman–Crippen MR) is 118 cm³/mol. The standard InChI is InChI=1S/C22H17NO13/c24-5-8-13(26)17(30)18(31)22(34-8)36-20-11-15(28)10-14(27)9(6-1-3-7(25)4-2-6)21(16(11)29)35-19(10)12(20)23(32)33/h1-4,8,13,17-18,22,24-27,30-31H,5H2/t8?,13-,17?,18?,22+/m1/s1. The fraction of sp³-hybridized carbons (Fsp3) is 0.273. The maximum absolute atomic E-state index is 13.4. The number of hydrogen-bond donors (Lipinski definition) is 6. The number of phenolic OH excluding ortho intramolecular Hbond substituents is 1. The fourth-order valence-electron chi connectivity index (χ4n) is 4.31. The first-order valence-corrected chi connectivity index (χ1v) is 10.4. The highest BCUT2D eigenvalue weighted by Gasteiger charge is 2.46. The van der Waals surface area contributed by atoms with E-state index in [1.54, 1.807) is 0 Å². The van der Waals surface area contributed by atoms with Gasteiger partial charge in [-0.25, -0.2) is 0 Å². The third-order valence-electron chi connectivity index (χ3n) is 6.10. The Bertz CT molecular complexity index is 1580. The van der Waals surface area contributed by atoms with Gasteiger partial charge in [-0.2, -0.15) is 0 Å². The zero-order chi connectivity index (χ0) is 26.0. The molecule has 14 heteroatoms. The number of phenols is 1. The van der Waals surface area contributed by atoms with Crippen molar-refractivity contribution in [3.05, 3.63) is 54.8 Å². The van der Waals surface area contributed by atoms with Crippen LogP contribution in [0, 0.1) is 10.1 Å². The average Bonchev–Trinajstić information content (AvgIpc) is 3.04. The molecule has 1 fully saturated rings. The number of aromatic hydroxyl groups is 2. The minimum atomic E-state index is -2.00. The maximum Gasteiger partial charge on any atom is 0.354 e. The molecule has 7 rings (SSSR count). The lowest BCUT2D eigenvalue weighted by molar-refractivity contribution is -0.385. The number of benzene rings is 2. The number of hydrogen-bond acceptors (Lipinski definition) is 13. The van der Waals surface area contributed by atoms with Gasteiger partial charge in [0.1, 0.15) is 46.7 Å². The van der Waals surface area contributed by atoms with Crippen LogP contribution in [-0.4, -0.2) is 72.9 Å². The monoisotopic (exact) mass is 503 g/mol. The van der Waals surface area contributed by atoms with Gasteiger partial charge in [0.05, 0.1) is 17.1 Å². The molecule has 0 saturated carbocycles. The van der Waals surface area contributed by atoms with Crippen LogP contribution in [0.1, 0.15) is 0 Å². The number of rotatable bonds is 5. The van der Waals surface area contributed by atoms with E-state index >= 15 is 0 Å². The van der Waals surface area contributed by atoms with E-state index in [4.69, 9.17) is 13.9 Å². The molecular weight excluding hydrogens is 486 g/mol. The average molecular weight is 503 g/mol. The van der Waals surface area contributed by atoms with Crippen molar-refractivity contribution < 1.29 is 49.5 Å². The Hall–Kier alpha value is -4.08. The van der Waals surface area contributed by atoms with Gasteiger partial charge in [-0.3, -0.25) is 19.7 Å². The number of aliphatic hydroxyl groups is 4. The topological polar surface area (TPSA) is 230 Å². The summed E-state index contributed by atoms with van der Waals surface area (Å²) in [5.74, 6) is -1.85. The summed E-state index contributed by atoms with van der Waals surface area (Å²) in [6, 6.07) is 5.13. The van der Waals surface area contributed by atoms with Gasteiger partial charge in [0.2, 0.25) is 28.5 Å². The first-order chi connectivity index (χ1) is 17.1. The van der Waals surface area contributed by atoms with Crippen LogP contribution in [0.2, 0.25) is 0 Å². The summed E-state index contributed by atoms with van der Waals surface area (Å²) >= 11 is 0. The van der Waals surface area contributed by atoms with Gasteiger partial charge in [0.25, 0.3) is 0 Å². The minimum absolute atomic E-state index is 0.130. The molecular formula is C22H17NO13. The van der Waals surface area contributed by atoms with E-state index in [1.165, 1.54) is 24.3 Å². The molecule has 0 radical (unpaired) electrons. The molecule has 188 valence electrons. The lowest BCUT2D eigenvalue weighted by Crippen LogP contribution is -2.60. The second-order valence-corrected chi connectivity index (χ2v) is 8.19. The van der Waals surface area contributed by atoms with Crippen molar-refractivity contribution in [3.63, 3.8) is 0 Å². The summed E-state index contributed by atoms with van der Waals surface area (Å²) < 4.78 is 16.0. The van der Waals surface area contributed by atoms with E-state index < -0.39 is 92.2 Å². The molecule has 4 heterocycles. The molecule has 3 aromatic carbocycles. The van der Waals surface area contributed by atoms with E-state index in [2.05, 4.69) is 0 Å². The molecule has 14 nitrogen and oxygen atoms in total. The molecule has 1 saturated heterocycles. The number of nitro groups is 1. The lowest BCUT2D eigenvalue weighted by Gasteiger charge is -2.39. The molecule has 6 aromatic rings. The largest absolute Gasteiger partial charge is 0.508 e. The Morgan fingerprint density at radius 1 is 0.944 bits per heavy atom. The summed E-state index contributed by atoms with van der Waals surface area (Å²) in [5.41, 5.74) is -4.88. The first-order valence-electron chi connectivity index (χ1n) is 10.4. The Kier molecular flexibility index (Phi) is 5.42. The normalized spacial score (nSPS) is 24.5. The third kappa shape index (κ3) is 3.24. The third-order valence-corrected chi connectivity index (χ3v) is 6.10. The zero-order valence-electron chi connectivity index (χ0n) is 17.9. The SMILES string of the molecule is O=c1c2oc3c([N+](=O)[O-])c(O[C@@H]4OC(CO)[C@@H](O)C(O)C4O)c1c(=O)c3c(O)c2-c1ccc(O)cc1. The van der Waals surface area contributed by atoms with Gasteiger partial charge in [-0.1, -0.05) is 12.1 Å². The fourth-order valence-corrected chi connectivity index (χ4v) is 4.31. The molecule has 3 unspecified atom stereocenters. The molecule has 0 aliphatic carbocycles. The molecule has 0 spiro atoms. The number of aliphatic hydroxyl groups excluding tert-OH is 4. The maximum atomic E-state index is 13.4. The van der Waals surface area contributed by atoms with Gasteiger partial charge < -0.3 is 44.5 Å². The van der Waals surface area contributed by atoms with E-state index in [-0.39, 0.29) is 16.9 Å². The van der Waals surface area contributed by atoms with Crippen molar-refractivity contribution in [2.45, 2.75) is 30.7 Å². The van der Waals surface area contributed by atoms with Crippen molar-refractivity contribution in [3.8, 4) is 28.4 Å². The summed E-state index contributed by atoms with van der Waals surface area (Å²) in [7, 11) is 0. The summed E-state index contributed by atoms with van der Waals surface area (Å²) in [4.78, 5) is 37.6. The van der Waals surface area contributed by atoms with Crippen molar-refractivity contribution in [2.24, 2.45) is 0 Å². The molecule has 1 aliphatic rings. The van der Waals surface area contributed by atoms with Crippen LogP contribution in [0.4, 0.5) is 5.69 Å². The predicted octanol–water partition coefficient (Wildman–Crippen LogP) is -0.653. The van der Waals surface area contributed by atoms with Crippen LogP contribution in [0.3, 0.4) is 0 Å². The van der Waals surface area contributed by atoms with Crippen molar-refractivity contribution in [2.75, 3.05) is 6.61 Å². The number of nitrogens with zero attached hydrogens (tertiary/aromatic N) is 1. The van der Waals surface area contributed by atoms with Crippen molar-refractivity contribution in [1.29, 1.82) is 0 Å². The van der Waals surface area contributed by atoms with Crippen LogP contribution in [0.25, 0.3) is 33.1 Å². The van der Waals surface area contributed by atoms with Gasteiger partial charge in [-0.15, -0.1) is 0 Å². The van der Waals surface area contributed by atoms with Crippen LogP contribution in [-0.2, 0) is 4.74 Å². The second-order valence-electron chi connectivity index (χ2n) is 8.19. The van der Waals surface area contributed by atoms with Crippen LogP contribution in [0.15, 0.2) is 38.3 Å². The van der Waals surface area contributed by atoms with Crippen molar-refractivity contribution in [1.82, 2.24) is 0 Å². The summed E-state index contributed by atoms with van der Waals surface area (Å²) in [6.45, 7) is -0.829. The number of nitro benzene ring substituents is 1. The molecule has 6 N–H and O–H groups in total. The van der Waals surface area contributed by atoms with Crippen molar-refractivity contribution >= 4 is 27.6 Å². The smallest absolute Gasteiger partial charge is 0.354 e. The highest BCUT2D eigenvalue weighted by atomic mass is 16.7. The van der Waals surface area contributed by atoms with E-state index in [1.807, 2.05) is 0 Å². The molecule has 5 atom stereocenters. The van der Waals surface area contributed by atoms with E-state index in [9.17, 15) is 50.3 Å². The van der Waals surface area contributed by atoms with Gasteiger partial charge >= 0.3 is 5.69 Å². The van der Waals surface area contributed by atoms with Crippen LogP contribution >= 0.6 is 0 Å². The highest BCUT2D eigenvalue weighted by Crippen LogP contribution is 2.46. The first kappa shape index (κ1) is 23.7. The highest BCUT2D eigenvalue weighted by molar-refractivity contribution is 6.08. The lowest BCUT2D eigenvalue weighted by atomic mass is 9.99. The molecule has 0 amide bonds. The van der Waals surface area contributed by atoms with Gasteiger partial charge in [0, 0.05) is 0 Å². The van der Waals surface area contributed by atoms with E-state index in [0.29, 0.717) is 0 Å². The Morgan fingerprint density at radius 2 is 1.61 bits per heavy atom. The summed E-state index contributed by atoms with van der Waals surface area (Å²) in [6.07, 6.45) is -9.06. The number of fused-ring (bicyclic) bond motifs is 2. The van der Waals surface area contributed by atoms with Crippen LogP contribution in [0.5, 0.6) is 17.2 Å². The summed E-state index contributed by atoms with van der Waals surface area (Å²) in [5, 5.41) is 70.5. The Morgan fingerprint density at radius 3 is 2.22 bits per heavy atom. The Balaban J connectivity index is 1.79. The Labute approximate surface area is 198 Å². The van der Waals surface area contributed by atoms with Gasteiger partial charge in [-0.05, 0) is 17.7 Å². The minimum Gasteiger partial charge on any atom is -0.508 e.